The van der Waals surface area contributed by atoms with Gasteiger partial charge in [0.1, 0.15) is 0 Å². The van der Waals surface area contributed by atoms with Crippen LogP contribution in [0.15, 0.2) is 0 Å². The summed E-state index contributed by atoms with van der Waals surface area (Å²) in [7, 11) is 0. The van der Waals surface area contributed by atoms with Crippen LogP contribution in [0.1, 0.15) is 32.1 Å². The Morgan fingerprint density at radius 3 is 2.79 bits per heavy atom. The second-order valence-corrected chi connectivity index (χ2v) is 5.05. The number of hydrogen-bond acceptors (Lipinski definition) is 4. The normalized spacial score (nSPS) is 28.1. The fourth-order valence-corrected chi connectivity index (χ4v) is 2.70. The Kier molecular flexibility index (Phi) is 5.15. The molecule has 0 aromatic rings. The number of piperidine rings is 1. The molecule has 2 heterocycles. The van der Waals surface area contributed by atoms with Gasteiger partial charge in [0.2, 0.25) is 0 Å². The van der Waals surface area contributed by atoms with E-state index in [1.807, 2.05) is 0 Å². The molecule has 0 saturated carbocycles. The van der Waals surface area contributed by atoms with E-state index < -0.39 is 12.1 Å². The lowest BCUT2D eigenvalue weighted by Crippen LogP contribution is -2.51. The van der Waals surface area contributed by atoms with Gasteiger partial charge in [0, 0.05) is 19.0 Å². The predicted molar refractivity (Wildman–Crippen MR) is 66.8 cm³/mol. The molecule has 6 nitrogen and oxygen atoms in total. The highest BCUT2D eigenvalue weighted by Crippen LogP contribution is 2.22. The first kappa shape index (κ1) is 14.3. The van der Waals surface area contributed by atoms with Gasteiger partial charge in [0.25, 0.3) is 5.91 Å². The van der Waals surface area contributed by atoms with Gasteiger partial charge in [0.15, 0.2) is 6.10 Å². The van der Waals surface area contributed by atoms with E-state index in [9.17, 15) is 9.59 Å². The third-order valence-electron chi connectivity index (χ3n) is 3.69. The molecule has 0 bridgehead atoms. The highest BCUT2D eigenvalue weighted by Gasteiger charge is 2.33. The summed E-state index contributed by atoms with van der Waals surface area (Å²) in [5.74, 6) is -0.856. The molecule has 1 N–H and O–H groups in total. The van der Waals surface area contributed by atoms with Crippen molar-refractivity contribution in [1.82, 2.24) is 4.90 Å². The molecule has 0 aromatic heterocycles. The van der Waals surface area contributed by atoms with E-state index in [4.69, 9.17) is 14.6 Å². The van der Waals surface area contributed by atoms with Crippen LogP contribution < -0.4 is 0 Å². The number of amides is 1. The lowest BCUT2D eigenvalue weighted by Gasteiger charge is -2.38. The number of likely N-dealkylation sites (tertiary alicyclic amines) is 1. The molecule has 2 aliphatic rings. The van der Waals surface area contributed by atoms with E-state index in [2.05, 4.69) is 0 Å². The number of rotatable bonds is 4. The van der Waals surface area contributed by atoms with Crippen molar-refractivity contribution in [3.63, 3.8) is 0 Å². The maximum Gasteiger partial charge on any atom is 0.303 e. The molecule has 19 heavy (non-hydrogen) atoms. The maximum atomic E-state index is 12.4. The first-order valence-electron chi connectivity index (χ1n) is 6.90. The molecule has 2 saturated heterocycles. The Hall–Kier alpha value is -1.14. The molecular formula is C13H21NO5. The van der Waals surface area contributed by atoms with E-state index in [1.165, 1.54) is 0 Å². The van der Waals surface area contributed by atoms with Crippen LogP contribution >= 0.6 is 0 Å². The molecule has 2 rings (SSSR count). The second-order valence-electron chi connectivity index (χ2n) is 5.05. The molecule has 0 aliphatic carbocycles. The molecule has 108 valence electrons. The average molecular weight is 271 g/mol. The van der Waals surface area contributed by atoms with Crippen LogP contribution in [-0.2, 0) is 19.1 Å². The second kappa shape index (κ2) is 6.86. The summed E-state index contributed by atoms with van der Waals surface area (Å²) < 4.78 is 10.7. The van der Waals surface area contributed by atoms with Gasteiger partial charge in [-0.15, -0.1) is 0 Å². The molecular weight excluding hydrogens is 250 g/mol. The van der Waals surface area contributed by atoms with Gasteiger partial charge >= 0.3 is 5.97 Å². The predicted octanol–water partition coefficient (Wildman–Crippen LogP) is 0.648. The van der Waals surface area contributed by atoms with E-state index >= 15 is 0 Å². The third-order valence-corrected chi connectivity index (χ3v) is 3.69. The van der Waals surface area contributed by atoms with Gasteiger partial charge in [-0.05, 0) is 25.7 Å². The molecule has 2 fully saturated rings. The number of carboxylic acid groups (broad SMARTS) is 1. The minimum atomic E-state index is -0.810. The zero-order chi connectivity index (χ0) is 13.7. The summed E-state index contributed by atoms with van der Waals surface area (Å²) in [5.41, 5.74) is 0. The van der Waals surface area contributed by atoms with Crippen LogP contribution in [0.4, 0.5) is 0 Å². The van der Waals surface area contributed by atoms with Crippen LogP contribution in [0.25, 0.3) is 0 Å². The first-order chi connectivity index (χ1) is 9.18. The average Bonchev–Trinajstić information content (AvgIpc) is 2.45. The SMILES string of the molecule is O=C(O)CC[C@@H]1CCCCN1C(=O)[C@@H]1COCCO1. The van der Waals surface area contributed by atoms with Gasteiger partial charge in [-0.1, -0.05) is 0 Å². The Bertz CT molecular complexity index is 327. The molecule has 0 radical (unpaired) electrons. The molecule has 0 unspecified atom stereocenters. The van der Waals surface area contributed by atoms with Gasteiger partial charge in [-0.3, -0.25) is 9.59 Å². The molecule has 1 amide bonds. The Morgan fingerprint density at radius 1 is 1.26 bits per heavy atom. The minimum Gasteiger partial charge on any atom is -0.481 e. The van der Waals surface area contributed by atoms with Crippen molar-refractivity contribution in [2.75, 3.05) is 26.4 Å². The van der Waals surface area contributed by atoms with Crippen LogP contribution in [0.3, 0.4) is 0 Å². The van der Waals surface area contributed by atoms with Crippen molar-refractivity contribution in [3.8, 4) is 0 Å². The zero-order valence-corrected chi connectivity index (χ0v) is 11.0. The van der Waals surface area contributed by atoms with Gasteiger partial charge in [0.05, 0.1) is 19.8 Å². The van der Waals surface area contributed by atoms with E-state index in [0.29, 0.717) is 32.8 Å². The number of aliphatic carboxylic acids is 1. The maximum absolute atomic E-state index is 12.4. The highest BCUT2D eigenvalue weighted by molar-refractivity contribution is 5.81. The zero-order valence-electron chi connectivity index (χ0n) is 11.0. The number of carbonyl (C=O) groups excluding carboxylic acids is 1. The standard InChI is InChI=1S/C13H21NO5/c15-12(16)5-4-10-3-1-2-6-14(10)13(17)11-9-18-7-8-19-11/h10-11H,1-9H2,(H,15,16)/t10-,11-/m0/s1. The van der Waals surface area contributed by atoms with Crippen molar-refractivity contribution >= 4 is 11.9 Å². The highest BCUT2D eigenvalue weighted by atomic mass is 16.6. The molecule has 0 aromatic carbocycles. The van der Waals surface area contributed by atoms with Crippen molar-refractivity contribution < 1.29 is 24.2 Å². The number of hydrogen-bond donors (Lipinski definition) is 1. The Morgan fingerprint density at radius 2 is 2.11 bits per heavy atom. The number of ether oxygens (including phenoxy) is 2. The smallest absolute Gasteiger partial charge is 0.303 e. The van der Waals surface area contributed by atoms with Crippen molar-refractivity contribution in [1.29, 1.82) is 0 Å². The quantitative estimate of drug-likeness (QED) is 0.812. The van der Waals surface area contributed by atoms with Crippen LogP contribution in [-0.4, -0.2) is 60.4 Å². The summed E-state index contributed by atoms with van der Waals surface area (Å²) in [5, 5.41) is 8.77. The minimum absolute atomic E-state index is 0.0304. The number of carbonyl (C=O) groups is 2. The fraction of sp³-hybridized carbons (Fsp3) is 0.846. The lowest BCUT2D eigenvalue weighted by atomic mass is 9.97. The largest absolute Gasteiger partial charge is 0.481 e. The topological polar surface area (TPSA) is 76.1 Å². The summed E-state index contributed by atoms with van der Waals surface area (Å²) in [6, 6.07) is 0.0304. The van der Waals surface area contributed by atoms with Crippen molar-refractivity contribution in [3.05, 3.63) is 0 Å². The summed E-state index contributed by atoms with van der Waals surface area (Å²) in [4.78, 5) is 24.9. The van der Waals surface area contributed by atoms with E-state index in [0.717, 1.165) is 19.3 Å². The van der Waals surface area contributed by atoms with Gasteiger partial charge in [-0.2, -0.15) is 0 Å². The third kappa shape index (κ3) is 3.91. The number of carboxylic acids is 1. The first-order valence-corrected chi connectivity index (χ1v) is 6.90. The van der Waals surface area contributed by atoms with Crippen molar-refractivity contribution in [2.24, 2.45) is 0 Å². The summed E-state index contributed by atoms with van der Waals surface area (Å²) >= 11 is 0. The Labute approximate surface area is 112 Å². The van der Waals surface area contributed by atoms with Crippen molar-refractivity contribution in [2.45, 2.75) is 44.2 Å². The van der Waals surface area contributed by atoms with Crippen LogP contribution in [0, 0.1) is 0 Å². The lowest BCUT2D eigenvalue weighted by molar-refractivity contribution is -0.162. The fourth-order valence-electron chi connectivity index (χ4n) is 2.70. The summed E-state index contributed by atoms with van der Waals surface area (Å²) in [6.45, 7) is 1.99. The van der Waals surface area contributed by atoms with Crippen LogP contribution in [0.2, 0.25) is 0 Å². The molecule has 2 aliphatic heterocycles. The van der Waals surface area contributed by atoms with Gasteiger partial charge in [-0.25, -0.2) is 0 Å². The number of nitrogens with zero attached hydrogens (tertiary/aromatic N) is 1. The monoisotopic (exact) mass is 271 g/mol. The molecule has 0 spiro atoms. The van der Waals surface area contributed by atoms with Crippen LogP contribution in [0.5, 0.6) is 0 Å². The molecule has 6 heteroatoms. The van der Waals surface area contributed by atoms with Gasteiger partial charge < -0.3 is 19.5 Å². The summed E-state index contributed by atoms with van der Waals surface area (Å²) in [6.07, 6.45) is 3.02. The Balaban J connectivity index is 1.93. The van der Waals surface area contributed by atoms with E-state index in [-0.39, 0.29) is 18.4 Å². The van der Waals surface area contributed by atoms with E-state index in [1.54, 1.807) is 4.90 Å². The molecule has 2 atom stereocenters.